The van der Waals surface area contributed by atoms with Gasteiger partial charge in [0.25, 0.3) is 17.5 Å². The van der Waals surface area contributed by atoms with Crippen molar-refractivity contribution in [1.29, 1.82) is 0 Å². The number of rotatable bonds is 4. The van der Waals surface area contributed by atoms with Crippen molar-refractivity contribution in [1.82, 2.24) is 15.0 Å². The number of nitro benzene ring substituents is 1. The minimum Gasteiger partial charge on any atom is -0.356 e. The number of carbonyl (C=O) groups is 3. The van der Waals surface area contributed by atoms with E-state index in [1.54, 1.807) is 12.1 Å². The Morgan fingerprint density at radius 1 is 1.15 bits per heavy atom. The van der Waals surface area contributed by atoms with Crippen LogP contribution in [-0.4, -0.2) is 50.7 Å². The molecule has 0 radical (unpaired) electrons. The van der Waals surface area contributed by atoms with Crippen LogP contribution in [0.1, 0.15) is 32.0 Å². The molecule has 0 unspecified atom stereocenters. The molecule has 2 aromatic carbocycles. The van der Waals surface area contributed by atoms with E-state index < -0.39 is 34.9 Å². The van der Waals surface area contributed by atoms with Crippen molar-refractivity contribution < 1.29 is 23.8 Å². The van der Waals surface area contributed by atoms with E-state index in [0.717, 1.165) is 22.1 Å². The Hall–Kier alpha value is -4.05. The van der Waals surface area contributed by atoms with E-state index in [0.29, 0.717) is 29.4 Å². The first-order valence-corrected chi connectivity index (χ1v) is 10.4. The smallest absolute Gasteiger partial charge is 0.282 e. The third-order valence-corrected chi connectivity index (χ3v) is 6.02. The van der Waals surface area contributed by atoms with E-state index in [1.165, 1.54) is 17.0 Å². The summed E-state index contributed by atoms with van der Waals surface area (Å²) in [5.41, 5.74) is 1.48. The number of aromatic nitrogens is 1. The molecule has 0 aliphatic carbocycles. The second kappa shape index (κ2) is 7.82. The van der Waals surface area contributed by atoms with Crippen LogP contribution in [-0.2, 0) is 17.8 Å². The number of nitro groups is 1. The van der Waals surface area contributed by atoms with E-state index in [2.05, 4.69) is 5.16 Å². The molecular formula is C22H15ClN4O6. The van der Waals surface area contributed by atoms with E-state index in [-0.39, 0.29) is 17.7 Å². The van der Waals surface area contributed by atoms with E-state index in [4.69, 9.17) is 16.1 Å². The fourth-order valence-corrected chi connectivity index (χ4v) is 4.24. The van der Waals surface area contributed by atoms with Crippen LogP contribution in [0.4, 0.5) is 5.69 Å². The molecule has 3 heterocycles. The van der Waals surface area contributed by atoms with Crippen LogP contribution in [0, 0.1) is 10.1 Å². The number of imide groups is 1. The van der Waals surface area contributed by atoms with Gasteiger partial charge in [-0.1, -0.05) is 22.8 Å². The van der Waals surface area contributed by atoms with Gasteiger partial charge in [0.1, 0.15) is 17.8 Å². The molecule has 3 amide bonds. The van der Waals surface area contributed by atoms with Crippen LogP contribution in [0.3, 0.4) is 0 Å². The Labute approximate surface area is 191 Å². The second-order valence-electron chi connectivity index (χ2n) is 7.66. The van der Waals surface area contributed by atoms with Gasteiger partial charge >= 0.3 is 0 Å². The van der Waals surface area contributed by atoms with Crippen molar-refractivity contribution >= 4 is 35.0 Å². The zero-order chi connectivity index (χ0) is 23.3. The largest absolute Gasteiger partial charge is 0.356 e. The molecule has 1 aromatic heterocycles. The summed E-state index contributed by atoms with van der Waals surface area (Å²) in [4.78, 5) is 51.1. The molecule has 33 heavy (non-hydrogen) atoms. The number of nitrogens with zero attached hydrogens (tertiary/aromatic N) is 4. The lowest BCUT2D eigenvalue weighted by Gasteiger charge is -2.27. The zero-order valence-corrected chi connectivity index (χ0v) is 17.7. The predicted molar refractivity (Wildman–Crippen MR) is 115 cm³/mol. The molecule has 166 valence electrons. The minimum absolute atomic E-state index is 0.0768. The van der Waals surface area contributed by atoms with Crippen LogP contribution in [0.25, 0.3) is 11.3 Å². The molecule has 0 saturated carbocycles. The van der Waals surface area contributed by atoms with Gasteiger partial charge in [-0.25, -0.2) is 0 Å². The molecule has 0 atom stereocenters. The van der Waals surface area contributed by atoms with Gasteiger partial charge < -0.3 is 9.42 Å². The van der Waals surface area contributed by atoms with Gasteiger partial charge in [-0.05, 0) is 36.8 Å². The molecule has 0 spiro atoms. The topological polar surface area (TPSA) is 127 Å². The van der Waals surface area contributed by atoms with Gasteiger partial charge in [0.05, 0.1) is 17.0 Å². The van der Waals surface area contributed by atoms with Crippen molar-refractivity contribution in [2.24, 2.45) is 0 Å². The normalized spacial score (nSPS) is 14.9. The molecular weight excluding hydrogens is 452 g/mol. The minimum atomic E-state index is -0.847. The Morgan fingerprint density at radius 3 is 2.64 bits per heavy atom. The summed E-state index contributed by atoms with van der Waals surface area (Å²) in [6.07, 6.45) is 0.482. The highest BCUT2D eigenvalue weighted by molar-refractivity contribution is 6.30. The summed E-state index contributed by atoms with van der Waals surface area (Å²) < 4.78 is 5.50. The van der Waals surface area contributed by atoms with Gasteiger partial charge in [-0.2, -0.15) is 0 Å². The number of hydrogen-bond donors (Lipinski definition) is 0. The highest BCUT2D eigenvalue weighted by Gasteiger charge is 2.42. The first kappa shape index (κ1) is 20.8. The number of benzene rings is 2. The van der Waals surface area contributed by atoms with Crippen LogP contribution < -0.4 is 0 Å². The van der Waals surface area contributed by atoms with Crippen LogP contribution in [0.5, 0.6) is 0 Å². The molecule has 0 bridgehead atoms. The second-order valence-corrected chi connectivity index (χ2v) is 8.10. The van der Waals surface area contributed by atoms with Crippen molar-refractivity contribution in [2.45, 2.75) is 13.0 Å². The summed E-state index contributed by atoms with van der Waals surface area (Å²) in [5, 5.41) is 15.9. The maximum atomic E-state index is 12.9. The SMILES string of the molecule is O=C(CN1C(=O)c2cccc([N+](=O)[O-])c2C1=O)N1CCc2c(noc2-c2ccc(Cl)cc2)C1. The van der Waals surface area contributed by atoms with E-state index in [1.807, 2.05) is 12.1 Å². The molecule has 3 aromatic rings. The highest BCUT2D eigenvalue weighted by atomic mass is 35.5. The summed E-state index contributed by atoms with van der Waals surface area (Å²) in [7, 11) is 0. The van der Waals surface area contributed by atoms with Crippen molar-refractivity contribution in [3.05, 3.63) is 80.0 Å². The van der Waals surface area contributed by atoms with E-state index in [9.17, 15) is 24.5 Å². The average Bonchev–Trinajstić information content (AvgIpc) is 3.34. The van der Waals surface area contributed by atoms with Crippen LogP contribution in [0.15, 0.2) is 47.0 Å². The standard InChI is InChI=1S/C22H15ClN4O6/c23-13-6-4-12(5-7-13)20-14-8-9-25(10-16(14)24-33-20)18(28)11-26-21(29)15-2-1-3-17(27(31)32)19(15)22(26)30/h1-7H,8-11H2. The predicted octanol–water partition coefficient (Wildman–Crippen LogP) is 3.08. The van der Waals surface area contributed by atoms with Crippen molar-refractivity contribution in [2.75, 3.05) is 13.1 Å². The molecule has 2 aliphatic heterocycles. The maximum absolute atomic E-state index is 12.9. The number of halogens is 1. The third-order valence-electron chi connectivity index (χ3n) is 5.77. The summed E-state index contributed by atoms with van der Waals surface area (Å²) in [5.74, 6) is -1.42. The Kier molecular flexibility index (Phi) is 4.94. The van der Waals surface area contributed by atoms with Gasteiger partial charge in [-0.15, -0.1) is 0 Å². The van der Waals surface area contributed by atoms with Crippen LogP contribution in [0.2, 0.25) is 5.02 Å². The molecule has 0 N–H and O–H groups in total. The van der Waals surface area contributed by atoms with Crippen molar-refractivity contribution in [3.8, 4) is 11.3 Å². The van der Waals surface area contributed by atoms with Crippen LogP contribution >= 0.6 is 11.6 Å². The first-order chi connectivity index (χ1) is 15.8. The summed E-state index contributed by atoms with van der Waals surface area (Å²) in [6.45, 7) is -0.00768. The lowest BCUT2D eigenvalue weighted by Crippen LogP contribution is -2.44. The van der Waals surface area contributed by atoms with Gasteiger partial charge in [0.15, 0.2) is 5.76 Å². The van der Waals surface area contributed by atoms with Gasteiger partial charge in [0, 0.05) is 28.8 Å². The fraction of sp³-hybridized carbons (Fsp3) is 0.182. The first-order valence-electron chi connectivity index (χ1n) is 10.00. The molecule has 10 nitrogen and oxygen atoms in total. The number of amides is 3. The number of fused-ring (bicyclic) bond motifs is 2. The molecule has 5 rings (SSSR count). The maximum Gasteiger partial charge on any atom is 0.282 e. The Bertz CT molecular complexity index is 1330. The van der Waals surface area contributed by atoms with E-state index >= 15 is 0 Å². The van der Waals surface area contributed by atoms with Crippen molar-refractivity contribution in [3.63, 3.8) is 0 Å². The lowest BCUT2D eigenvalue weighted by atomic mass is 10.0. The van der Waals surface area contributed by atoms with Gasteiger partial charge in [0.2, 0.25) is 5.91 Å². The lowest BCUT2D eigenvalue weighted by molar-refractivity contribution is -0.385. The Morgan fingerprint density at radius 2 is 1.91 bits per heavy atom. The molecule has 2 aliphatic rings. The number of carbonyl (C=O) groups excluding carboxylic acids is 3. The monoisotopic (exact) mass is 466 g/mol. The third kappa shape index (κ3) is 3.44. The summed E-state index contributed by atoms with van der Waals surface area (Å²) >= 11 is 5.94. The average molecular weight is 467 g/mol. The quantitative estimate of drug-likeness (QED) is 0.328. The fourth-order valence-electron chi connectivity index (χ4n) is 4.12. The highest BCUT2D eigenvalue weighted by Crippen LogP contribution is 2.33. The van der Waals surface area contributed by atoms with Gasteiger partial charge in [-0.3, -0.25) is 29.4 Å². The molecule has 0 saturated heterocycles. The molecule has 11 heteroatoms. The molecule has 0 fully saturated rings. The Balaban J connectivity index is 1.33. The summed E-state index contributed by atoms with van der Waals surface area (Å²) in [6, 6.07) is 11.0. The zero-order valence-electron chi connectivity index (χ0n) is 17.0. The number of hydrogen-bond acceptors (Lipinski definition) is 7.